The molecule has 0 radical (unpaired) electrons. The van der Waals surface area contributed by atoms with Gasteiger partial charge >= 0.3 is 24.3 Å². The van der Waals surface area contributed by atoms with E-state index in [4.69, 9.17) is 24.8 Å². The van der Waals surface area contributed by atoms with Crippen LogP contribution in [0.5, 0.6) is 0 Å². The summed E-state index contributed by atoms with van der Waals surface area (Å²) in [6, 6.07) is 12.8. The Morgan fingerprint density at radius 3 is 1.83 bits per heavy atom. The number of carbonyl (C=O) groups is 3. The predicted octanol–water partition coefficient (Wildman–Crippen LogP) is 4.25. The monoisotopic (exact) mass is 606 g/mol. The summed E-state index contributed by atoms with van der Waals surface area (Å²) in [7, 11) is 3.96. The molecule has 42 heavy (non-hydrogen) atoms. The van der Waals surface area contributed by atoms with E-state index in [0.29, 0.717) is 0 Å². The number of hydrogen-bond donors (Lipinski definition) is 2. The summed E-state index contributed by atoms with van der Waals surface area (Å²) in [5.41, 5.74) is 4.50. The van der Waals surface area contributed by atoms with Crippen molar-refractivity contribution in [2.75, 3.05) is 45.2 Å². The topological polar surface area (TPSA) is 114 Å². The fourth-order valence-corrected chi connectivity index (χ4v) is 4.26. The lowest BCUT2D eigenvalue weighted by Gasteiger charge is -2.22. The molecule has 15 heteroatoms. The van der Waals surface area contributed by atoms with Gasteiger partial charge in [-0.3, -0.25) is 9.69 Å². The standard InChI is InChI=1S/C23H30N4O.2C2HF3O2/c1-25(2)22-20(23(28)27-12-6-7-13-27)16-19-10-14-26(15-11-21(19)24-22)17-18-8-4-3-5-9-18;2*3-2(4,5)1(6)7/h3-5,8-9,16H,6-7,10-15,17H2,1-2H3;2*(H,6,7). The van der Waals surface area contributed by atoms with Crippen LogP contribution in [0, 0.1) is 0 Å². The van der Waals surface area contributed by atoms with Crippen molar-refractivity contribution >= 4 is 23.7 Å². The Hall–Kier alpha value is -3.88. The average Bonchev–Trinajstić information content (AvgIpc) is 3.38. The summed E-state index contributed by atoms with van der Waals surface area (Å²) in [6.45, 7) is 4.71. The molecule has 0 bridgehead atoms. The summed E-state index contributed by atoms with van der Waals surface area (Å²) in [6.07, 6.45) is -6.07. The van der Waals surface area contributed by atoms with Crippen molar-refractivity contribution in [1.29, 1.82) is 0 Å². The Bertz CT molecular complexity index is 1190. The molecule has 1 saturated heterocycles. The molecular formula is C27H32F6N4O5. The number of alkyl halides is 6. The first kappa shape index (κ1) is 34.3. The Kier molecular flexibility index (Phi) is 12.1. The number of amides is 1. The number of benzene rings is 1. The number of halogens is 6. The number of aliphatic carboxylic acids is 2. The van der Waals surface area contributed by atoms with Gasteiger partial charge in [0, 0.05) is 58.9 Å². The molecule has 1 aromatic heterocycles. The summed E-state index contributed by atoms with van der Waals surface area (Å²) >= 11 is 0. The molecule has 1 aromatic carbocycles. The highest BCUT2D eigenvalue weighted by atomic mass is 19.4. The smallest absolute Gasteiger partial charge is 0.475 e. The van der Waals surface area contributed by atoms with Gasteiger partial charge < -0.3 is 20.0 Å². The number of nitrogens with zero attached hydrogens (tertiary/aromatic N) is 4. The Morgan fingerprint density at radius 1 is 0.857 bits per heavy atom. The molecular weight excluding hydrogens is 574 g/mol. The molecule has 0 aliphatic carbocycles. The molecule has 3 heterocycles. The maximum Gasteiger partial charge on any atom is 0.490 e. The minimum atomic E-state index is -5.08. The third kappa shape index (κ3) is 10.5. The van der Waals surface area contributed by atoms with Crippen LogP contribution in [0.2, 0.25) is 0 Å². The molecule has 9 nitrogen and oxygen atoms in total. The van der Waals surface area contributed by atoms with Gasteiger partial charge in [-0.25, -0.2) is 14.6 Å². The lowest BCUT2D eigenvalue weighted by atomic mass is 10.0. The number of rotatable bonds is 4. The summed E-state index contributed by atoms with van der Waals surface area (Å²) < 4.78 is 63.5. The zero-order valence-electron chi connectivity index (χ0n) is 23.0. The Labute approximate surface area is 238 Å². The van der Waals surface area contributed by atoms with E-state index in [0.717, 1.165) is 75.5 Å². The molecule has 232 valence electrons. The van der Waals surface area contributed by atoms with E-state index >= 15 is 0 Å². The molecule has 0 unspecified atom stereocenters. The second-order valence-corrected chi connectivity index (χ2v) is 9.73. The van der Waals surface area contributed by atoms with Gasteiger partial charge in [-0.1, -0.05) is 30.3 Å². The number of carboxylic acid groups (broad SMARTS) is 2. The molecule has 2 N–H and O–H groups in total. The van der Waals surface area contributed by atoms with Crippen molar-refractivity contribution in [3.05, 3.63) is 58.8 Å². The summed E-state index contributed by atoms with van der Waals surface area (Å²) in [4.78, 5) is 42.3. The molecule has 1 fully saturated rings. The number of carboxylic acids is 2. The number of carbonyl (C=O) groups excluding carboxylic acids is 1. The van der Waals surface area contributed by atoms with Crippen LogP contribution in [0.4, 0.5) is 32.2 Å². The van der Waals surface area contributed by atoms with Crippen molar-refractivity contribution in [3.63, 3.8) is 0 Å². The van der Waals surface area contributed by atoms with Crippen LogP contribution < -0.4 is 4.90 Å². The van der Waals surface area contributed by atoms with Crippen LogP contribution in [-0.2, 0) is 29.0 Å². The zero-order chi connectivity index (χ0) is 31.7. The quantitative estimate of drug-likeness (QED) is 0.497. The highest BCUT2D eigenvalue weighted by Crippen LogP contribution is 2.26. The number of pyridine rings is 1. The number of fused-ring (bicyclic) bond motifs is 1. The zero-order valence-corrected chi connectivity index (χ0v) is 23.0. The number of likely N-dealkylation sites (tertiary alicyclic amines) is 1. The van der Waals surface area contributed by atoms with Gasteiger partial charge in [-0.15, -0.1) is 0 Å². The third-order valence-electron chi connectivity index (χ3n) is 6.31. The van der Waals surface area contributed by atoms with Gasteiger partial charge in [0.2, 0.25) is 0 Å². The number of hydrogen-bond acceptors (Lipinski definition) is 6. The van der Waals surface area contributed by atoms with Gasteiger partial charge in [0.25, 0.3) is 5.91 Å². The first-order valence-corrected chi connectivity index (χ1v) is 12.9. The molecule has 0 spiro atoms. The molecule has 4 rings (SSSR count). The highest BCUT2D eigenvalue weighted by Gasteiger charge is 2.39. The highest BCUT2D eigenvalue weighted by molar-refractivity contribution is 5.99. The maximum absolute atomic E-state index is 13.1. The molecule has 2 aliphatic rings. The van der Waals surface area contributed by atoms with Crippen molar-refractivity contribution in [1.82, 2.24) is 14.8 Å². The van der Waals surface area contributed by atoms with E-state index in [1.54, 1.807) is 0 Å². The molecule has 0 atom stereocenters. The molecule has 2 aliphatic heterocycles. The SMILES string of the molecule is CN(C)c1nc2c(cc1C(=O)N1CCCC1)CCN(Cc1ccccc1)CC2.O=C(O)C(F)(F)F.O=C(O)C(F)(F)F. The largest absolute Gasteiger partial charge is 0.490 e. The van der Waals surface area contributed by atoms with Gasteiger partial charge in [-0.05, 0) is 36.5 Å². The van der Waals surface area contributed by atoms with Gasteiger partial charge in [0.15, 0.2) is 0 Å². The first-order valence-electron chi connectivity index (χ1n) is 12.9. The summed E-state index contributed by atoms with van der Waals surface area (Å²) in [5.74, 6) is -4.56. The summed E-state index contributed by atoms with van der Waals surface area (Å²) in [5, 5.41) is 14.2. The van der Waals surface area contributed by atoms with E-state index in [-0.39, 0.29) is 5.91 Å². The van der Waals surface area contributed by atoms with Crippen LogP contribution in [0.3, 0.4) is 0 Å². The lowest BCUT2D eigenvalue weighted by molar-refractivity contribution is -0.193. The second-order valence-electron chi connectivity index (χ2n) is 9.73. The minimum absolute atomic E-state index is 0.141. The van der Waals surface area contributed by atoms with Crippen LogP contribution in [0.1, 0.15) is 40.0 Å². The Morgan fingerprint density at radius 2 is 1.36 bits per heavy atom. The van der Waals surface area contributed by atoms with E-state index in [1.165, 1.54) is 11.1 Å². The average molecular weight is 607 g/mol. The molecule has 1 amide bonds. The van der Waals surface area contributed by atoms with Crippen molar-refractivity contribution < 1.29 is 50.9 Å². The fraction of sp³-hybridized carbons (Fsp3) is 0.481. The van der Waals surface area contributed by atoms with E-state index < -0.39 is 24.3 Å². The minimum Gasteiger partial charge on any atom is -0.475 e. The second kappa shape index (κ2) is 14.8. The predicted molar refractivity (Wildman–Crippen MR) is 140 cm³/mol. The van der Waals surface area contributed by atoms with E-state index in [2.05, 4.69) is 41.3 Å². The fourth-order valence-electron chi connectivity index (χ4n) is 4.26. The van der Waals surface area contributed by atoms with E-state index in [1.807, 2.05) is 23.9 Å². The molecule has 2 aromatic rings. The van der Waals surface area contributed by atoms with Gasteiger partial charge in [-0.2, -0.15) is 26.3 Å². The normalized spacial score (nSPS) is 15.3. The molecule has 0 saturated carbocycles. The van der Waals surface area contributed by atoms with Crippen LogP contribution >= 0.6 is 0 Å². The van der Waals surface area contributed by atoms with Crippen molar-refractivity contribution in [2.24, 2.45) is 0 Å². The van der Waals surface area contributed by atoms with Crippen molar-refractivity contribution in [2.45, 2.75) is 44.6 Å². The number of aromatic nitrogens is 1. The number of anilines is 1. The van der Waals surface area contributed by atoms with Gasteiger partial charge in [0.1, 0.15) is 5.82 Å². The first-order chi connectivity index (χ1) is 19.5. The third-order valence-corrected chi connectivity index (χ3v) is 6.31. The Balaban J connectivity index is 0.000000367. The lowest BCUT2D eigenvalue weighted by Crippen LogP contribution is -2.30. The van der Waals surface area contributed by atoms with Crippen LogP contribution in [0.25, 0.3) is 0 Å². The maximum atomic E-state index is 13.1. The van der Waals surface area contributed by atoms with Crippen molar-refractivity contribution in [3.8, 4) is 0 Å². The van der Waals surface area contributed by atoms with Crippen LogP contribution in [0.15, 0.2) is 36.4 Å². The van der Waals surface area contributed by atoms with Gasteiger partial charge in [0.05, 0.1) is 5.56 Å². The van der Waals surface area contributed by atoms with E-state index in [9.17, 15) is 31.1 Å². The van der Waals surface area contributed by atoms with Crippen LogP contribution in [-0.4, -0.2) is 95.5 Å².